The molecular formula is C18H25N5O2. The summed E-state index contributed by atoms with van der Waals surface area (Å²) in [6, 6.07) is 5.71. The van der Waals surface area contributed by atoms with Crippen molar-refractivity contribution in [2.75, 3.05) is 13.7 Å². The molecule has 0 unspecified atom stereocenters. The minimum absolute atomic E-state index is 0.0672. The molecule has 0 saturated carbocycles. The van der Waals surface area contributed by atoms with E-state index in [2.05, 4.69) is 29.4 Å². The number of aromatic nitrogens is 4. The minimum atomic E-state index is 0.0672. The molecule has 1 atom stereocenters. The van der Waals surface area contributed by atoms with Crippen molar-refractivity contribution in [1.82, 2.24) is 25.1 Å². The van der Waals surface area contributed by atoms with E-state index in [4.69, 9.17) is 4.74 Å². The van der Waals surface area contributed by atoms with Gasteiger partial charge in [0.2, 0.25) is 0 Å². The van der Waals surface area contributed by atoms with Crippen LogP contribution in [0.25, 0.3) is 5.69 Å². The summed E-state index contributed by atoms with van der Waals surface area (Å²) in [4.78, 5) is 15.3. The maximum absolute atomic E-state index is 13.2. The highest BCUT2D eigenvalue weighted by Gasteiger charge is 2.28. The monoisotopic (exact) mass is 343 g/mol. The van der Waals surface area contributed by atoms with Crippen LogP contribution < -0.4 is 4.74 Å². The second kappa shape index (κ2) is 7.63. The summed E-state index contributed by atoms with van der Waals surface area (Å²) in [6.45, 7) is 5.20. The highest BCUT2D eigenvalue weighted by molar-refractivity contribution is 5.95. The number of rotatable bonds is 4. The minimum Gasteiger partial charge on any atom is -0.494 e. The van der Waals surface area contributed by atoms with Gasteiger partial charge in [-0.1, -0.05) is 26.7 Å². The Morgan fingerprint density at radius 3 is 2.80 bits per heavy atom. The van der Waals surface area contributed by atoms with E-state index in [0.717, 1.165) is 19.4 Å². The molecule has 1 aromatic heterocycles. The number of benzene rings is 1. The first-order chi connectivity index (χ1) is 12.1. The molecular weight excluding hydrogens is 318 g/mol. The molecule has 1 aromatic carbocycles. The molecule has 1 aliphatic rings. The fourth-order valence-electron chi connectivity index (χ4n) is 3.52. The lowest BCUT2D eigenvalue weighted by molar-refractivity contribution is 0.0632. The lowest BCUT2D eigenvalue weighted by Gasteiger charge is -2.33. The van der Waals surface area contributed by atoms with Crippen LogP contribution in [0.2, 0.25) is 0 Å². The van der Waals surface area contributed by atoms with E-state index in [1.165, 1.54) is 23.9 Å². The summed E-state index contributed by atoms with van der Waals surface area (Å²) < 4.78 is 6.90. The van der Waals surface area contributed by atoms with Crippen LogP contribution in [0.4, 0.5) is 0 Å². The predicted octanol–water partition coefficient (Wildman–Crippen LogP) is 2.71. The largest absolute Gasteiger partial charge is 0.494 e. The SMILES string of the molecule is COc1ccc(C(=O)N2CCCCC[C@H]2C(C)C)cc1-n1cnnn1. The van der Waals surface area contributed by atoms with Gasteiger partial charge in [-0.3, -0.25) is 4.79 Å². The number of carbonyl (C=O) groups is 1. The van der Waals surface area contributed by atoms with E-state index < -0.39 is 0 Å². The Bertz CT molecular complexity index is 714. The summed E-state index contributed by atoms with van der Waals surface area (Å²) in [7, 11) is 1.59. The van der Waals surface area contributed by atoms with Gasteiger partial charge >= 0.3 is 0 Å². The lowest BCUT2D eigenvalue weighted by Crippen LogP contribution is -2.42. The van der Waals surface area contributed by atoms with Gasteiger partial charge in [0.05, 0.1) is 7.11 Å². The Morgan fingerprint density at radius 1 is 1.28 bits per heavy atom. The fraction of sp³-hybridized carbons (Fsp3) is 0.556. The molecule has 3 rings (SSSR count). The van der Waals surface area contributed by atoms with Gasteiger partial charge in [0, 0.05) is 18.2 Å². The zero-order valence-electron chi connectivity index (χ0n) is 15.1. The van der Waals surface area contributed by atoms with E-state index in [1.54, 1.807) is 19.2 Å². The lowest BCUT2D eigenvalue weighted by atomic mass is 9.97. The van der Waals surface area contributed by atoms with E-state index in [-0.39, 0.29) is 11.9 Å². The van der Waals surface area contributed by atoms with Gasteiger partial charge in [-0.05, 0) is 47.4 Å². The first kappa shape index (κ1) is 17.4. The molecule has 0 radical (unpaired) electrons. The van der Waals surface area contributed by atoms with Crippen molar-refractivity contribution in [2.24, 2.45) is 5.92 Å². The average Bonchev–Trinajstić information content (AvgIpc) is 3.04. The summed E-state index contributed by atoms with van der Waals surface area (Å²) in [5, 5.41) is 11.3. The standard InChI is InChI=1S/C18H25N5O2/c1-13(2)15-7-5-4-6-10-22(15)18(24)14-8-9-17(25-3)16(11-14)23-12-19-20-21-23/h8-9,11-13,15H,4-7,10H2,1-3H3/t15-/m0/s1. The molecule has 7 nitrogen and oxygen atoms in total. The van der Waals surface area contributed by atoms with Gasteiger partial charge in [0.1, 0.15) is 17.8 Å². The van der Waals surface area contributed by atoms with Gasteiger partial charge in [-0.25, -0.2) is 0 Å². The van der Waals surface area contributed by atoms with Crippen molar-refractivity contribution in [2.45, 2.75) is 45.6 Å². The normalized spacial score (nSPS) is 18.2. The van der Waals surface area contributed by atoms with Crippen LogP contribution in [0.5, 0.6) is 5.75 Å². The molecule has 1 amide bonds. The smallest absolute Gasteiger partial charge is 0.254 e. The Labute approximate surface area is 148 Å². The van der Waals surface area contributed by atoms with Crippen molar-refractivity contribution >= 4 is 5.91 Å². The first-order valence-electron chi connectivity index (χ1n) is 8.84. The molecule has 0 bridgehead atoms. The van der Waals surface area contributed by atoms with Crippen molar-refractivity contribution < 1.29 is 9.53 Å². The van der Waals surface area contributed by atoms with Crippen LogP contribution >= 0.6 is 0 Å². The second-order valence-corrected chi connectivity index (χ2v) is 6.80. The van der Waals surface area contributed by atoms with E-state index >= 15 is 0 Å². The Hall–Kier alpha value is -2.44. The van der Waals surface area contributed by atoms with Gasteiger partial charge < -0.3 is 9.64 Å². The third kappa shape index (κ3) is 3.65. The third-order valence-electron chi connectivity index (χ3n) is 4.85. The number of likely N-dealkylation sites (tertiary alicyclic amines) is 1. The number of tetrazole rings is 1. The van der Waals surface area contributed by atoms with Gasteiger partial charge in [-0.2, -0.15) is 4.68 Å². The maximum Gasteiger partial charge on any atom is 0.254 e. The summed E-state index contributed by atoms with van der Waals surface area (Å²) in [6.07, 6.45) is 6.00. The molecule has 134 valence electrons. The molecule has 25 heavy (non-hydrogen) atoms. The van der Waals surface area contributed by atoms with Crippen LogP contribution in [0.3, 0.4) is 0 Å². The number of methoxy groups -OCH3 is 1. The van der Waals surface area contributed by atoms with Gasteiger partial charge in [-0.15, -0.1) is 5.10 Å². The van der Waals surface area contributed by atoms with Crippen LogP contribution in [0, 0.1) is 5.92 Å². The summed E-state index contributed by atoms with van der Waals surface area (Å²) in [5.74, 6) is 1.14. The molecule has 2 heterocycles. The Balaban J connectivity index is 1.94. The average molecular weight is 343 g/mol. The Kier molecular flexibility index (Phi) is 5.31. The maximum atomic E-state index is 13.2. The number of ether oxygens (including phenoxy) is 1. The van der Waals surface area contributed by atoms with Crippen molar-refractivity contribution in [1.29, 1.82) is 0 Å². The van der Waals surface area contributed by atoms with Crippen LogP contribution in [0.1, 0.15) is 49.9 Å². The number of hydrogen-bond donors (Lipinski definition) is 0. The van der Waals surface area contributed by atoms with Gasteiger partial charge in [0.25, 0.3) is 5.91 Å². The van der Waals surface area contributed by atoms with Crippen LogP contribution in [0.15, 0.2) is 24.5 Å². The molecule has 2 aromatic rings. The van der Waals surface area contributed by atoms with Gasteiger partial charge in [0.15, 0.2) is 0 Å². The van der Waals surface area contributed by atoms with E-state index in [1.807, 2.05) is 11.0 Å². The highest BCUT2D eigenvalue weighted by Crippen LogP contribution is 2.27. The molecule has 1 saturated heterocycles. The van der Waals surface area contributed by atoms with Crippen molar-refractivity contribution in [3.05, 3.63) is 30.1 Å². The number of nitrogens with zero attached hydrogens (tertiary/aromatic N) is 5. The zero-order valence-corrected chi connectivity index (χ0v) is 15.1. The Morgan fingerprint density at radius 2 is 2.12 bits per heavy atom. The first-order valence-corrected chi connectivity index (χ1v) is 8.84. The van der Waals surface area contributed by atoms with Crippen LogP contribution in [-0.4, -0.2) is 50.7 Å². The topological polar surface area (TPSA) is 73.1 Å². The second-order valence-electron chi connectivity index (χ2n) is 6.80. The molecule has 0 aliphatic carbocycles. The quantitative estimate of drug-likeness (QED) is 0.853. The predicted molar refractivity (Wildman–Crippen MR) is 93.8 cm³/mol. The molecule has 7 heteroatoms. The number of amides is 1. The van der Waals surface area contributed by atoms with Crippen molar-refractivity contribution in [3.63, 3.8) is 0 Å². The molecule has 1 fully saturated rings. The summed E-state index contributed by atoms with van der Waals surface area (Å²) >= 11 is 0. The highest BCUT2D eigenvalue weighted by atomic mass is 16.5. The molecule has 1 aliphatic heterocycles. The van der Waals surface area contributed by atoms with Crippen molar-refractivity contribution in [3.8, 4) is 11.4 Å². The number of hydrogen-bond acceptors (Lipinski definition) is 5. The van der Waals surface area contributed by atoms with E-state index in [9.17, 15) is 4.79 Å². The third-order valence-corrected chi connectivity index (χ3v) is 4.85. The summed E-state index contributed by atoms with van der Waals surface area (Å²) in [5.41, 5.74) is 1.30. The fourth-order valence-corrected chi connectivity index (χ4v) is 3.52. The molecule has 0 N–H and O–H groups in total. The zero-order chi connectivity index (χ0) is 17.8. The van der Waals surface area contributed by atoms with E-state index in [0.29, 0.717) is 22.9 Å². The van der Waals surface area contributed by atoms with Crippen LogP contribution in [-0.2, 0) is 0 Å². The molecule has 0 spiro atoms. The number of carbonyl (C=O) groups excluding carboxylic acids is 1.